The Balaban J connectivity index is 3.70. The fraction of sp³-hybridized carbons (Fsp3) is 0.900. The van der Waals surface area contributed by atoms with E-state index in [-0.39, 0.29) is 17.3 Å². The van der Waals surface area contributed by atoms with Crippen LogP contribution in [-0.2, 0) is 14.6 Å². The van der Waals surface area contributed by atoms with E-state index in [1.54, 1.807) is 6.92 Å². The van der Waals surface area contributed by atoms with Gasteiger partial charge >= 0.3 is 0 Å². The molecular formula is C10H20O3S. The van der Waals surface area contributed by atoms with Gasteiger partial charge in [-0.25, -0.2) is 8.42 Å². The van der Waals surface area contributed by atoms with Gasteiger partial charge in [-0.05, 0) is 12.3 Å². The highest BCUT2D eigenvalue weighted by Gasteiger charge is 2.09. The van der Waals surface area contributed by atoms with Gasteiger partial charge in [-0.2, -0.15) is 0 Å². The molecule has 0 N–H and O–H groups in total. The van der Waals surface area contributed by atoms with Crippen molar-refractivity contribution in [2.45, 2.75) is 40.0 Å². The molecule has 0 radical (unpaired) electrons. The Morgan fingerprint density at radius 1 is 1.29 bits per heavy atom. The van der Waals surface area contributed by atoms with Gasteiger partial charge in [0.2, 0.25) is 0 Å². The standard InChI is InChI=1S/C10H20O3S/c1-4-14(12,13)7-5-6-10(11)8-9(2)3/h9H,4-8H2,1-3H3. The third kappa shape index (κ3) is 7.06. The van der Waals surface area contributed by atoms with E-state index in [0.29, 0.717) is 25.2 Å². The summed E-state index contributed by atoms with van der Waals surface area (Å²) in [5, 5.41) is 0. The minimum absolute atomic E-state index is 0.146. The third-order valence-electron chi connectivity index (χ3n) is 1.99. The highest BCUT2D eigenvalue weighted by molar-refractivity contribution is 7.91. The highest BCUT2D eigenvalue weighted by atomic mass is 32.2. The smallest absolute Gasteiger partial charge is 0.150 e. The van der Waals surface area contributed by atoms with Crippen molar-refractivity contribution in [2.24, 2.45) is 5.92 Å². The van der Waals surface area contributed by atoms with Crippen molar-refractivity contribution in [2.75, 3.05) is 11.5 Å². The molecule has 0 saturated heterocycles. The predicted molar refractivity (Wildman–Crippen MR) is 58.0 cm³/mol. The molecular weight excluding hydrogens is 200 g/mol. The van der Waals surface area contributed by atoms with Crippen molar-refractivity contribution in [1.82, 2.24) is 0 Å². The van der Waals surface area contributed by atoms with E-state index >= 15 is 0 Å². The summed E-state index contributed by atoms with van der Waals surface area (Å²) in [6.07, 6.45) is 1.44. The number of sulfone groups is 1. The zero-order valence-corrected chi connectivity index (χ0v) is 10.1. The van der Waals surface area contributed by atoms with Crippen LogP contribution in [0.4, 0.5) is 0 Å². The Labute approximate surface area is 86.8 Å². The second-order valence-corrected chi connectivity index (χ2v) is 6.45. The minimum atomic E-state index is -2.90. The van der Waals surface area contributed by atoms with E-state index in [4.69, 9.17) is 0 Å². The zero-order chi connectivity index (χ0) is 11.2. The van der Waals surface area contributed by atoms with Crippen LogP contribution in [0.1, 0.15) is 40.0 Å². The molecule has 0 heterocycles. The lowest BCUT2D eigenvalue weighted by Crippen LogP contribution is -2.11. The van der Waals surface area contributed by atoms with E-state index in [9.17, 15) is 13.2 Å². The Morgan fingerprint density at radius 3 is 2.29 bits per heavy atom. The highest BCUT2D eigenvalue weighted by Crippen LogP contribution is 2.05. The largest absolute Gasteiger partial charge is 0.300 e. The van der Waals surface area contributed by atoms with Gasteiger partial charge in [0.15, 0.2) is 0 Å². The molecule has 0 aromatic carbocycles. The molecule has 0 aromatic rings. The zero-order valence-electron chi connectivity index (χ0n) is 9.25. The number of ketones is 1. The summed E-state index contributed by atoms with van der Waals surface area (Å²) in [7, 11) is -2.90. The van der Waals surface area contributed by atoms with Gasteiger partial charge in [0, 0.05) is 18.6 Å². The van der Waals surface area contributed by atoms with Crippen LogP contribution in [0.5, 0.6) is 0 Å². The summed E-state index contributed by atoms with van der Waals surface area (Å²) in [6, 6.07) is 0. The van der Waals surface area contributed by atoms with E-state index in [0.717, 1.165) is 0 Å². The fourth-order valence-electron chi connectivity index (χ4n) is 1.19. The summed E-state index contributed by atoms with van der Waals surface area (Å²) < 4.78 is 22.2. The predicted octanol–water partition coefficient (Wildman–Crippen LogP) is 1.82. The number of hydrogen-bond acceptors (Lipinski definition) is 3. The van der Waals surface area contributed by atoms with Crippen LogP contribution < -0.4 is 0 Å². The fourth-order valence-corrected chi connectivity index (χ4v) is 2.06. The number of carbonyl (C=O) groups excluding carboxylic acids is 1. The van der Waals surface area contributed by atoms with Crippen LogP contribution in [0.2, 0.25) is 0 Å². The lowest BCUT2D eigenvalue weighted by Gasteiger charge is -2.03. The molecule has 14 heavy (non-hydrogen) atoms. The van der Waals surface area contributed by atoms with E-state index < -0.39 is 9.84 Å². The summed E-state index contributed by atoms with van der Waals surface area (Å²) >= 11 is 0. The lowest BCUT2D eigenvalue weighted by molar-refractivity contribution is -0.119. The summed E-state index contributed by atoms with van der Waals surface area (Å²) in [6.45, 7) is 5.60. The molecule has 0 rings (SSSR count). The van der Waals surface area contributed by atoms with Gasteiger partial charge in [-0.1, -0.05) is 20.8 Å². The quantitative estimate of drug-likeness (QED) is 0.657. The van der Waals surface area contributed by atoms with Crippen molar-refractivity contribution in [3.05, 3.63) is 0 Å². The first-order chi connectivity index (χ1) is 6.37. The number of hydrogen-bond donors (Lipinski definition) is 0. The average Bonchev–Trinajstić information content (AvgIpc) is 2.02. The molecule has 84 valence electrons. The molecule has 3 nitrogen and oxygen atoms in total. The van der Waals surface area contributed by atoms with E-state index in [2.05, 4.69) is 0 Å². The van der Waals surface area contributed by atoms with Crippen LogP contribution in [-0.4, -0.2) is 25.7 Å². The Morgan fingerprint density at radius 2 is 1.86 bits per heavy atom. The molecule has 0 aliphatic carbocycles. The first-order valence-corrected chi connectivity index (χ1v) is 6.91. The van der Waals surface area contributed by atoms with Crippen molar-refractivity contribution >= 4 is 15.6 Å². The molecule has 4 heteroatoms. The first-order valence-electron chi connectivity index (χ1n) is 5.09. The molecule has 0 aromatic heterocycles. The van der Waals surface area contributed by atoms with Crippen molar-refractivity contribution in [3.63, 3.8) is 0 Å². The SMILES string of the molecule is CCS(=O)(=O)CCCC(=O)CC(C)C. The molecule has 0 amide bonds. The molecule has 0 bridgehead atoms. The van der Waals surface area contributed by atoms with E-state index in [1.807, 2.05) is 13.8 Å². The molecule has 0 atom stereocenters. The van der Waals surface area contributed by atoms with Crippen LogP contribution in [0, 0.1) is 5.92 Å². The maximum Gasteiger partial charge on any atom is 0.150 e. The van der Waals surface area contributed by atoms with E-state index in [1.165, 1.54) is 0 Å². The lowest BCUT2D eigenvalue weighted by atomic mass is 10.0. The summed E-state index contributed by atoms with van der Waals surface area (Å²) in [5.41, 5.74) is 0. The number of carbonyl (C=O) groups is 1. The van der Waals surface area contributed by atoms with Gasteiger partial charge in [0.1, 0.15) is 15.6 Å². The van der Waals surface area contributed by atoms with Crippen LogP contribution in [0.15, 0.2) is 0 Å². The summed E-state index contributed by atoms with van der Waals surface area (Å²) in [4.78, 5) is 11.2. The Bertz CT molecular complexity index is 265. The second kappa shape index (κ2) is 6.17. The van der Waals surface area contributed by atoms with Gasteiger partial charge in [0.05, 0.1) is 5.75 Å². The van der Waals surface area contributed by atoms with Crippen molar-refractivity contribution in [1.29, 1.82) is 0 Å². The Hall–Kier alpha value is -0.380. The summed E-state index contributed by atoms with van der Waals surface area (Å²) in [5.74, 6) is 0.857. The third-order valence-corrected chi connectivity index (χ3v) is 3.78. The maximum atomic E-state index is 11.2. The molecule has 0 spiro atoms. The van der Waals surface area contributed by atoms with Crippen LogP contribution >= 0.6 is 0 Å². The Kier molecular flexibility index (Phi) is 6.00. The van der Waals surface area contributed by atoms with Gasteiger partial charge < -0.3 is 0 Å². The van der Waals surface area contributed by atoms with Gasteiger partial charge in [-0.3, -0.25) is 4.79 Å². The van der Waals surface area contributed by atoms with Crippen molar-refractivity contribution < 1.29 is 13.2 Å². The number of rotatable bonds is 7. The first kappa shape index (κ1) is 13.6. The molecule has 0 unspecified atom stereocenters. The molecule has 0 fully saturated rings. The monoisotopic (exact) mass is 220 g/mol. The molecule has 0 aliphatic rings. The molecule has 0 aliphatic heterocycles. The van der Waals surface area contributed by atoms with Crippen molar-refractivity contribution in [3.8, 4) is 0 Å². The van der Waals surface area contributed by atoms with Gasteiger partial charge in [0.25, 0.3) is 0 Å². The topological polar surface area (TPSA) is 51.2 Å². The minimum Gasteiger partial charge on any atom is -0.300 e. The second-order valence-electron chi connectivity index (χ2n) is 3.98. The van der Waals surface area contributed by atoms with Crippen LogP contribution in [0.25, 0.3) is 0 Å². The molecule has 0 saturated carbocycles. The van der Waals surface area contributed by atoms with Gasteiger partial charge in [-0.15, -0.1) is 0 Å². The maximum absolute atomic E-state index is 11.2. The normalized spacial score (nSPS) is 12.0. The average molecular weight is 220 g/mol. The van der Waals surface area contributed by atoms with Crippen LogP contribution in [0.3, 0.4) is 0 Å². The number of Topliss-reactive ketones (excluding diaryl/α,β-unsaturated/α-hetero) is 1.